The van der Waals surface area contributed by atoms with E-state index in [1.54, 1.807) is 55.6 Å². The minimum absolute atomic E-state index is 0.00344. The summed E-state index contributed by atoms with van der Waals surface area (Å²) in [5.41, 5.74) is 1.76. The summed E-state index contributed by atoms with van der Waals surface area (Å²) in [7, 11) is 1.55. The smallest absolute Gasteiger partial charge is 0.301 e. The molecule has 0 aliphatic carbocycles. The van der Waals surface area contributed by atoms with Gasteiger partial charge in [0.1, 0.15) is 17.3 Å². The summed E-state index contributed by atoms with van der Waals surface area (Å²) in [6, 6.07) is 20.4. The molecular weight excluding hydrogens is 464 g/mol. The van der Waals surface area contributed by atoms with Gasteiger partial charge < -0.3 is 14.6 Å². The quantitative estimate of drug-likeness (QED) is 0.225. The number of nitrogens with zero attached hydrogens (tertiary/aromatic N) is 2. The zero-order valence-electron chi connectivity index (χ0n) is 19.1. The molecule has 0 radical (unpaired) electrons. The van der Waals surface area contributed by atoms with Crippen LogP contribution in [-0.4, -0.2) is 35.5 Å². The van der Waals surface area contributed by atoms with Crippen molar-refractivity contribution in [1.29, 1.82) is 0 Å². The lowest BCUT2D eigenvalue weighted by atomic mass is 9.95. The Morgan fingerprint density at radius 1 is 1.03 bits per heavy atom. The molecule has 1 aromatic heterocycles. The number of methoxy groups -OCH3 is 1. The number of ketones is 1. The summed E-state index contributed by atoms with van der Waals surface area (Å²) in [6.07, 6.45) is 0. The van der Waals surface area contributed by atoms with Crippen molar-refractivity contribution in [2.75, 3.05) is 18.6 Å². The molecule has 8 heteroatoms. The molecule has 1 aliphatic heterocycles. The number of thiazole rings is 1. The van der Waals surface area contributed by atoms with Crippen LogP contribution >= 0.6 is 11.3 Å². The molecule has 3 aromatic carbocycles. The maximum atomic E-state index is 13.4. The van der Waals surface area contributed by atoms with Crippen LogP contribution < -0.4 is 14.4 Å². The van der Waals surface area contributed by atoms with Crippen molar-refractivity contribution < 1.29 is 24.2 Å². The lowest BCUT2D eigenvalue weighted by Gasteiger charge is -2.23. The Labute approximate surface area is 205 Å². The van der Waals surface area contributed by atoms with Crippen molar-refractivity contribution in [3.63, 3.8) is 0 Å². The predicted octanol–water partition coefficient (Wildman–Crippen LogP) is 5.33. The number of aromatic nitrogens is 1. The van der Waals surface area contributed by atoms with E-state index in [1.807, 2.05) is 31.2 Å². The third-order valence-electron chi connectivity index (χ3n) is 5.77. The molecule has 0 saturated carbocycles. The van der Waals surface area contributed by atoms with Crippen LogP contribution in [0.3, 0.4) is 0 Å². The van der Waals surface area contributed by atoms with Gasteiger partial charge in [-0.25, -0.2) is 4.98 Å². The number of hydrogen-bond acceptors (Lipinski definition) is 7. The maximum absolute atomic E-state index is 13.4. The monoisotopic (exact) mass is 486 g/mol. The average Bonchev–Trinajstić information content (AvgIpc) is 3.42. The predicted molar refractivity (Wildman–Crippen MR) is 135 cm³/mol. The molecule has 5 rings (SSSR count). The largest absolute Gasteiger partial charge is 0.507 e. The Kier molecular flexibility index (Phi) is 5.96. The van der Waals surface area contributed by atoms with Gasteiger partial charge in [0.15, 0.2) is 5.13 Å². The molecule has 1 saturated heterocycles. The van der Waals surface area contributed by atoms with Gasteiger partial charge in [-0.2, -0.15) is 0 Å². The number of anilines is 1. The fourth-order valence-corrected chi connectivity index (χ4v) is 5.18. The molecule has 1 atom stereocenters. The van der Waals surface area contributed by atoms with E-state index < -0.39 is 17.7 Å². The zero-order chi connectivity index (χ0) is 24.5. The molecule has 1 aliphatic rings. The molecule has 7 nitrogen and oxygen atoms in total. The number of benzene rings is 3. The minimum atomic E-state index is -0.878. The van der Waals surface area contributed by atoms with Crippen molar-refractivity contribution in [1.82, 2.24) is 4.98 Å². The van der Waals surface area contributed by atoms with E-state index in [9.17, 15) is 14.7 Å². The summed E-state index contributed by atoms with van der Waals surface area (Å²) in [5, 5.41) is 11.5. The minimum Gasteiger partial charge on any atom is -0.507 e. The topological polar surface area (TPSA) is 89.0 Å². The number of carbonyl (C=O) groups excluding carboxylic acids is 2. The summed E-state index contributed by atoms with van der Waals surface area (Å²) in [6.45, 7) is 2.43. The molecule has 0 spiro atoms. The van der Waals surface area contributed by atoms with Crippen molar-refractivity contribution in [3.8, 4) is 11.5 Å². The highest BCUT2D eigenvalue weighted by atomic mass is 32.1. The van der Waals surface area contributed by atoms with Crippen molar-refractivity contribution in [2.45, 2.75) is 13.0 Å². The Bertz CT molecular complexity index is 1460. The number of Topliss-reactive ketones (excluding diaryl/α,β-unsaturated/α-hetero) is 1. The Balaban J connectivity index is 1.70. The van der Waals surface area contributed by atoms with Crippen LogP contribution in [0, 0.1) is 0 Å². The first-order valence-electron chi connectivity index (χ1n) is 11.1. The van der Waals surface area contributed by atoms with Crippen molar-refractivity contribution in [2.24, 2.45) is 0 Å². The van der Waals surface area contributed by atoms with Crippen LogP contribution in [-0.2, 0) is 9.59 Å². The first-order valence-corrected chi connectivity index (χ1v) is 11.9. The number of hydrogen-bond donors (Lipinski definition) is 1. The fourth-order valence-electron chi connectivity index (χ4n) is 4.16. The van der Waals surface area contributed by atoms with Gasteiger partial charge in [-0.1, -0.05) is 53.8 Å². The molecule has 1 amide bonds. The molecule has 4 aromatic rings. The average molecular weight is 487 g/mol. The highest BCUT2D eigenvalue weighted by Crippen LogP contribution is 2.45. The van der Waals surface area contributed by atoms with Crippen LogP contribution in [0.15, 0.2) is 78.4 Å². The third kappa shape index (κ3) is 4.02. The lowest BCUT2D eigenvalue weighted by Crippen LogP contribution is -2.29. The van der Waals surface area contributed by atoms with E-state index >= 15 is 0 Å². The van der Waals surface area contributed by atoms with E-state index in [2.05, 4.69) is 4.98 Å². The van der Waals surface area contributed by atoms with Gasteiger partial charge in [-0.05, 0) is 42.8 Å². The van der Waals surface area contributed by atoms with Crippen molar-refractivity contribution >= 4 is 44.1 Å². The molecule has 1 N–H and O–H groups in total. The normalized spacial score (nSPS) is 17.2. The zero-order valence-corrected chi connectivity index (χ0v) is 19.9. The summed E-state index contributed by atoms with van der Waals surface area (Å²) >= 11 is 1.28. The van der Waals surface area contributed by atoms with Gasteiger partial charge >= 0.3 is 5.91 Å². The molecular formula is C27H22N2O5S. The molecule has 176 valence electrons. The molecule has 0 unspecified atom stereocenters. The number of rotatable bonds is 6. The van der Waals surface area contributed by atoms with E-state index in [-0.39, 0.29) is 11.3 Å². The second-order valence-electron chi connectivity index (χ2n) is 7.87. The highest BCUT2D eigenvalue weighted by molar-refractivity contribution is 7.22. The summed E-state index contributed by atoms with van der Waals surface area (Å²) < 4.78 is 11.8. The van der Waals surface area contributed by atoms with E-state index in [0.717, 1.165) is 4.70 Å². The van der Waals surface area contributed by atoms with Crippen LogP contribution in [0.25, 0.3) is 16.0 Å². The van der Waals surface area contributed by atoms with E-state index in [1.165, 1.54) is 16.2 Å². The van der Waals surface area contributed by atoms with E-state index in [4.69, 9.17) is 9.47 Å². The van der Waals surface area contributed by atoms with Gasteiger partial charge in [0, 0.05) is 5.56 Å². The molecule has 2 heterocycles. The van der Waals surface area contributed by atoms with E-state index in [0.29, 0.717) is 39.9 Å². The van der Waals surface area contributed by atoms with Crippen LogP contribution in [0.4, 0.5) is 5.13 Å². The summed E-state index contributed by atoms with van der Waals surface area (Å²) in [5.74, 6) is -0.490. The number of ether oxygens (including phenoxy) is 2. The van der Waals surface area contributed by atoms with Gasteiger partial charge in [-0.15, -0.1) is 0 Å². The number of aliphatic hydroxyl groups is 1. The van der Waals surface area contributed by atoms with Crippen molar-refractivity contribution in [3.05, 3.63) is 89.5 Å². The highest BCUT2D eigenvalue weighted by Gasteiger charge is 2.48. The number of amides is 1. The van der Waals surface area contributed by atoms with Crippen LogP contribution in [0.2, 0.25) is 0 Å². The standard InChI is InChI=1S/C27H22N2O5S/c1-3-34-19-12-13-20-21(15-19)35-27(28-20)29-23(17-10-7-11-18(14-17)33-2)22(25(31)26(29)32)24(30)16-8-5-4-6-9-16/h4-15,23,30H,3H2,1-2H3/b24-22+/t23-/m0/s1. The van der Waals surface area contributed by atoms with Gasteiger partial charge in [-0.3, -0.25) is 14.5 Å². The molecule has 35 heavy (non-hydrogen) atoms. The Morgan fingerprint density at radius 3 is 2.57 bits per heavy atom. The van der Waals surface area contributed by atoms with Gasteiger partial charge in [0.25, 0.3) is 5.78 Å². The fraction of sp³-hybridized carbons (Fsp3) is 0.148. The van der Waals surface area contributed by atoms with Gasteiger partial charge in [0.2, 0.25) is 0 Å². The SMILES string of the molecule is CCOc1ccc2nc(N3C(=O)C(=O)/C(=C(/O)c4ccccc4)[C@@H]3c3cccc(OC)c3)sc2c1. The van der Waals surface area contributed by atoms with Crippen LogP contribution in [0.5, 0.6) is 11.5 Å². The first kappa shape index (κ1) is 22.6. The number of aliphatic hydroxyl groups excluding tert-OH is 1. The first-order chi connectivity index (χ1) is 17.0. The summed E-state index contributed by atoms with van der Waals surface area (Å²) in [4.78, 5) is 32.7. The maximum Gasteiger partial charge on any atom is 0.301 e. The van der Waals surface area contributed by atoms with Gasteiger partial charge in [0.05, 0.1) is 35.5 Å². The second-order valence-corrected chi connectivity index (χ2v) is 8.88. The second kappa shape index (κ2) is 9.23. The lowest BCUT2D eigenvalue weighted by molar-refractivity contribution is -0.132. The Morgan fingerprint density at radius 2 is 1.83 bits per heavy atom. The molecule has 0 bridgehead atoms. The molecule has 1 fully saturated rings. The van der Waals surface area contributed by atoms with Crippen LogP contribution in [0.1, 0.15) is 24.1 Å². The third-order valence-corrected chi connectivity index (χ3v) is 6.78. The number of carbonyl (C=O) groups is 2. The number of fused-ring (bicyclic) bond motifs is 1. The Hall–Kier alpha value is -4.17.